The Balaban J connectivity index is 1.64. The summed E-state index contributed by atoms with van der Waals surface area (Å²) in [4.78, 5) is 14.3. The summed E-state index contributed by atoms with van der Waals surface area (Å²) in [6.45, 7) is 4.61. The molecule has 26 heavy (non-hydrogen) atoms. The highest BCUT2D eigenvalue weighted by Crippen LogP contribution is 2.18. The number of carbonyl (C=O) groups is 1. The van der Waals surface area contributed by atoms with Gasteiger partial charge in [0.2, 0.25) is 10.0 Å². The Morgan fingerprint density at radius 2 is 1.77 bits per heavy atom. The zero-order chi connectivity index (χ0) is 18.7. The van der Waals surface area contributed by atoms with Crippen LogP contribution in [0.5, 0.6) is 0 Å². The number of carbonyl (C=O) groups excluding carboxylic acids is 1. The normalized spacial score (nSPS) is 16.3. The van der Waals surface area contributed by atoms with E-state index in [1.54, 1.807) is 24.8 Å². The van der Waals surface area contributed by atoms with Crippen molar-refractivity contribution in [2.24, 2.45) is 0 Å². The van der Waals surface area contributed by atoms with Gasteiger partial charge in [0.1, 0.15) is 11.3 Å². The minimum absolute atomic E-state index is 0.168. The van der Waals surface area contributed by atoms with Crippen LogP contribution in [0.3, 0.4) is 0 Å². The number of hydrogen-bond donors (Lipinski definition) is 0. The monoisotopic (exact) mass is 375 g/mol. The van der Waals surface area contributed by atoms with E-state index in [-0.39, 0.29) is 19.0 Å². The third kappa shape index (κ3) is 3.86. The Morgan fingerprint density at radius 3 is 2.35 bits per heavy atom. The van der Waals surface area contributed by atoms with Crippen LogP contribution in [0.2, 0.25) is 0 Å². The smallest absolute Gasteiger partial charge is 0.259 e. The van der Waals surface area contributed by atoms with Crippen molar-refractivity contribution in [2.45, 2.75) is 13.8 Å². The lowest BCUT2D eigenvalue weighted by Crippen LogP contribution is -2.50. The maximum Gasteiger partial charge on any atom is 0.259 e. The molecule has 0 atom stereocenters. The summed E-state index contributed by atoms with van der Waals surface area (Å²) in [5.41, 5.74) is 1.84. The molecule has 7 nitrogen and oxygen atoms in total. The van der Waals surface area contributed by atoms with Crippen molar-refractivity contribution in [3.05, 3.63) is 58.3 Å². The summed E-state index contributed by atoms with van der Waals surface area (Å²) >= 11 is 0. The van der Waals surface area contributed by atoms with Crippen LogP contribution in [-0.2, 0) is 10.0 Å². The van der Waals surface area contributed by atoms with E-state index < -0.39 is 10.0 Å². The van der Waals surface area contributed by atoms with Gasteiger partial charge >= 0.3 is 0 Å². The molecule has 1 aromatic carbocycles. The highest BCUT2D eigenvalue weighted by molar-refractivity contribution is 7.92. The highest BCUT2D eigenvalue weighted by Gasteiger charge is 2.30. The molecular formula is C18H21N3O4S. The van der Waals surface area contributed by atoms with Gasteiger partial charge in [-0.2, -0.15) is 4.31 Å². The lowest BCUT2D eigenvalue weighted by Gasteiger charge is -2.33. The van der Waals surface area contributed by atoms with Crippen LogP contribution in [0.25, 0.3) is 6.08 Å². The third-order valence-electron chi connectivity index (χ3n) is 4.37. The summed E-state index contributed by atoms with van der Waals surface area (Å²) in [6, 6.07) is 9.26. The summed E-state index contributed by atoms with van der Waals surface area (Å²) in [7, 11) is -3.52. The number of sulfonamides is 1. The van der Waals surface area contributed by atoms with Crippen LogP contribution in [0.1, 0.15) is 27.4 Å². The third-order valence-corrected chi connectivity index (χ3v) is 5.93. The van der Waals surface area contributed by atoms with Gasteiger partial charge in [-0.15, -0.1) is 0 Å². The van der Waals surface area contributed by atoms with Crippen molar-refractivity contribution < 1.29 is 17.7 Å². The molecule has 1 saturated heterocycles. The average molecular weight is 375 g/mol. The molecule has 2 heterocycles. The number of rotatable bonds is 4. The van der Waals surface area contributed by atoms with Gasteiger partial charge in [0.15, 0.2) is 0 Å². The van der Waals surface area contributed by atoms with Crippen molar-refractivity contribution in [3.63, 3.8) is 0 Å². The van der Waals surface area contributed by atoms with Crippen LogP contribution in [0.15, 0.2) is 40.3 Å². The van der Waals surface area contributed by atoms with Gasteiger partial charge in [0.25, 0.3) is 5.91 Å². The molecule has 8 heteroatoms. The van der Waals surface area contributed by atoms with Gasteiger partial charge in [-0.25, -0.2) is 8.42 Å². The Bertz CT molecular complexity index is 892. The molecule has 1 aliphatic rings. The molecule has 1 aromatic heterocycles. The number of benzene rings is 1. The van der Waals surface area contributed by atoms with Crippen molar-refractivity contribution >= 4 is 22.0 Å². The van der Waals surface area contributed by atoms with Gasteiger partial charge in [-0.1, -0.05) is 35.5 Å². The van der Waals surface area contributed by atoms with E-state index >= 15 is 0 Å². The second-order valence-electron chi connectivity index (χ2n) is 6.15. The van der Waals surface area contributed by atoms with Crippen molar-refractivity contribution in [3.8, 4) is 0 Å². The van der Waals surface area contributed by atoms with Crippen molar-refractivity contribution in [2.75, 3.05) is 26.2 Å². The fourth-order valence-corrected chi connectivity index (χ4v) is 4.08. The lowest BCUT2D eigenvalue weighted by atomic mass is 10.1. The zero-order valence-electron chi connectivity index (χ0n) is 14.8. The number of aryl methyl sites for hydroxylation is 2. The first kappa shape index (κ1) is 18.3. The predicted molar refractivity (Wildman–Crippen MR) is 97.8 cm³/mol. The standard InChI is InChI=1S/C18H21N3O4S/c1-14-17(15(2)25-19-14)18(22)20-9-11-21(12-10-20)26(23,24)13-8-16-6-4-3-5-7-16/h3-8,13H,9-12H2,1-2H3/b13-8-. The molecular weight excluding hydrogens is 354 g/mol. The molecule has 3 rings (SSSR count). The Morgan fingerprint density at radius 1 is 1.12 bits per heavy atom. The number of hydrogen-bond acceptors (Lipinski definition) is 5. The Labute approximate surface area is 152 Å². The molecule has 0 N–H and O–H groups in total. The van der Waals surface area contributed by atoms with Crippen LogP contribution in [-0.4, -0.2) is 54.9 Å². The number of aromatic nitrogens is 1. The van der Waals surface area contributed by atoms with Crippen molar-refractivity contribution in [1.82, 2.24) is 14.4 Å². The summed E-state index contributed by atoms with van der Waals surface area (Å²) in [5, 5.41) is 5.02. The first-order chi connectivity index (χ1) is 12.4. The fourth-order valence-electron chi connectivity index (χ4n) is 2.91. The van der Waals surface area contributed by atoms with E-state index in [1.165, 1.54) is 9.71 Å². The number of amides is 1. The molecule has 0 bridgehead atoms. The average Bonchev–Trinajstić information content (AvgIpc) is 2.99. The molecule has 1 amide bonds. The van der Waals surface area contributed by atoms with Gasteiger partial charge < -0.3 is 9.42 Å². The quantitative estimate of drug-likeness (QED) is 0.817. The zero-order valence-corrected chi connectivity index (χ0v) is 15.6. The van der Waals surface area contributed by atoms with E-state index in [0.29, 0.717) is 30.1 Å². The largest absolute Gasteiger partial charge is 0.361 e. The Kier molecular flexibility index (Phi) is 5.24. The Hall–Kier alpha value is -2.45. The molecule has 0 radical (unpaired) electrons. The van der Waals surface area contributed by atoms with E-state index in [1.807, 2.05) is 30.3 Å². The SMILES string of the molecule is Cc1noc(C)c1C(=O)N1CCN(S(=O)(=O)/C=C\c2ccccc2)CC1. The first-order valence-corrected chi connectivity index (χ1v) is 9.84. The molecule has 1 aliphatic heterocycles. The fraction of sp³-hybridized carbons (Fsp3) is 0.333. The second kappa shape index (κ2) is 7.43. The molecule has 0 saturated carbocycles. The van der Waals surface area contributed by atoms with Gasteiger partial charge in [0, 0.05) is 31.6 Å². The van der Waals surface area contributed by atoms with Gasteiger partial charge in [-0.3, -0.25) is 4.79 Å². The molecule has 0 aliphatic carbocycles. The maximum absolute atomic E-state index is 12.6. The molecule has 2 aromatic rings. The summed E-state index contributed by atoms with van der Waals surface area (Å²) in [5.74, 6) is 0.312. The summed E-state index contributed by atoms with van der Waals surface area (Å²) < 4.78 is 31.4. The molecule has 0 spiro atoms. The van der Waals surface area contributed by atoms with Crippen LogP contribution < -0.4 is 0 Å². The topological polar surface area (TPSA) is 83.7 Å². The summed E-state index contributed by atoms with van der Waals surface area (Å²) in [6.07, 6.45) is 1.58. The van der Waals surface area contributed by atoms with E-state index in [2.05, 4.69) is 5.16 Å². The van der Waals surface area contributed by atoms with Crippen LogP contribution in [0.4, 0.5) is 0 Å². The number of nitrogens with zero attached hydrogens (tertiary/aromatic N) is 3. The van der Waals surface area contributed by atoms with Crippen LogP contribution in [0, 0.1) is 13.8 Å². The van der Waals surface area contributed by atoms with Gasteiger partial charge in [-0.05, 0) is 25.5 Å². The van der Waals surface area contributed by atoms with Crippen molar-refractivity contribution in [1.29, 1.82) is 0 Å². The van der Waals surface area contributed by atoms with E-state index in [0.717, 1.165) is 5.56 Å². The predicted octanol–water partition coefficient (Wildman–Crippen LogP) is 2.05. The minimum Gasteiger partial charge on any atom is -0.361 e. The second-order valence-corrected chi connectivity index (χ2v) is 7.97. The van der Waals surface area contributed by atoms with Gasteiger partial charge in [0.05, 0.1) is 5.69 Å². The van der Waals surface area contributed by atoms with E-state index in [9.17, 15) is 13.2 Å². The van der Waals surface area contributed by atoms with E-state index in [4.69, 9.17) is 4.52 Å². The number of piperazine rings is 1. The highest BCUT2D eigenvalue weighted by atomic mass is 32.2. The molecule has 1 fully saturated rings. The minimum atomic E-state index is -3.52. The molecule has 0 unspecified atom stereocenters. The first-order valence-electron chi connectivity index (χ1n) is 8.34. The molecule has 138 valence electrons. The lowest BCUT2D eigenvalue weighted by molar-refractivity contribution is 0.0696. The van der Waals surface area contributed by atoms with Crippen LogP contribution >= 0.6 is 0 Å². The maximum atomic E-state index is 12.6.